The quantitative estimate of drug-likeness (QED) is 0.930. The Morgan fingerprint density at radius 3 is 2.80 bits per heavy atom. The van der Waals surface area contributed by atoms with E-state index in [0.717, 1.165) is 18.2 Å². The lowest BCUT2D eigenvalue weighted by molar-refractivity contribution is 0.0529. The van der Waals surface area contributed by atoms with Gasteiger partial charge in [-0.05, 0) is 30.4 Å². The van der Waals surface area contributed by atoms with Gasteiger partial charge in [0.2, 0.25) is 0 Å². The Labute approximate surface area is 118 Å². The second kappa shape index (κ2) is 5.67. The van der Waals surface area contributed by atoms with Gasteiger partial charge in [0, 0.05) is 5.39 Å². The van der Waals surface area contributed by atoms with Crippen molar-refractivity contribution >= 4 is 16.6 Å². The zero-order chi connectivity index (χ0) is 13.9. The molecule has 1 aliphatic rings. The van der Waals surface area contributed by atoms with Gasteiger partial charge < -0.3 is 10.5 Å². The number of nitrogen functional groups attached to an aromatic ring is 1. The fraction of sp³-hybridized carbons (Fsp3) is 0.438. The third-order valence-electron chi connectivity index (χ3n) is 4.02. The van der Waals surface area contributed by atoms with Gasteiger partial charge >= 0.3 is 0 Å². The number of nitrogens with zero attached hydrogens (tertiary/aromatic N) is 1. The Hall–Kier alpha value is -1.81. The van der Waals surface area contributed by atoms with E-state index in [9.17, 15) is 4.79 Å². The van der Waals surface area contributed by atoms with Crippen molar-refractivity contribution in [1.82, 2.24) is 4.57 Å². The Morgan fingerprint density at radius 2 is 2.00 bits per heavy atom. The second-order valence-corrected chi connectivity index (χ2v) is 5.39. The van der Waals surface area contributed by atoms with E-state index in [0.29, 0.717) is 30.5 Å². The zero-order valence-corrected chi connectivity index (χ0v) is 11.5. The predicted molar refractivity (Wildman–Crippen MR) is 80.8 cm³/mol. The molecule has 0 amide bonds. The number of rotatable bonds is 4. The SMILES string of the molecule is Nc1cc2ccccc2c(=O)n1CCOC1CCCC1. The maximum Gasteiger partial charge on any atom is 0.260 e. The lowest BCUT2D eigenvalue weighted by Gasteiger charge is -2.14. The maximum absolute atomic E-state index is 12.4. The van der Waals surface area contributed by atoms with Gasteiger partial charge in [-0.1, -0.05) is 31.0 Å². The van der Waals surface area contributed by atoms with E-state index in [2.05, 4.69) is 0 Å². The van der Waals surface area contributed by atoms with Crippen molar-refractivity contribution in [1.29, 1.82) is 0 Å². The molecular formula is C16H20N2O2. The highest BCUT2D eigenvalue weighted by atomic mass is 16.5. The molecule has 106 valence electrons. The van der Waals surface area contributed by atoms with Crippen LogP contribution >= 0.6 is 0 Å². The van der Waals surface area contributed by atoms with E-state index in [4.69, 9.17) is 10.5 Å². The van der Waals surface area contributed by atoms with Crippen molar-refractivity contribution in [2.45, 2.75) is 38.3 Å². The molecule has 0 radical (unpaired) electrons. The smallest absolute Gasteiger partial charge is 0.260 e. The average molecular weight is 272 g/mol. The lowest BCUT2D eigenvalue weighted by Crippen LogP contribution is -2.26. The van der Waals surface area contributed by atoms with E-state index < -0.39 is 0 Å². The summed E-state index contributed by atoms with van der Waals surface area (Å²) in [6, 6.07) is 9.39. The van der Waals surface area contributed by atoms with Crippen LogP contribution in [0.2, 0.25) is 0 Å². The molecule has 4 nitrogen and oxygen atoms in total. The fourth-order valence-corrected chi connectivity index (χ4v) is 2.91. The van der Waals surface area contributed by atoms with Gasteiger partial charge in [-0.25, -0.2) is 0 Å². The Kier molecular flexibility index (Phi) is 3.74. The maximum atomic E-state index is 12.4. The number of anilines is 1. The van der Waals surface area contributed by atoms with Crippen molar-refractivity contribution in [2.75, 3.05) is 12.3 Å². The van der Waals surface area contributed by atoms with E-state index in [1.165, 1.54) is 12.8 Å². The van der Waals surface area contributed by atoms with Gasteiger partial charge in [0.15, 0.2) is 0 Å². The molecule has 1 fully saturated rings. The molecule has 0 atom stereocenters. The summed E-state index contributed by atoms with van der Waals surface area (Å²) in [7, 11) is 0. The van der Waals surface area contributed by atoms with Crippen LogP contribution in [0.4, 0.5) is 5.82 Å². The van der Waals surface area contributed by atoms with Crippen LogP contribution in [0.15, 0.2) is 35.1 Å². The summed E-state index contributed by atoms with van der Waals surface area (Å²) >= 11 is 0. The zero-order valence-electron chi connectivity index (χ0n) is 11.5. The van der Waals surface area contributed by atoms with Gasteiger partial charge in [-0.2, -0.15) is 0 Å². The first kappa shape index (κ1) is 13.2. The minimum Gasteiger partial charge on any atom is -0.385 e. The molecule has 0 aliphatic heterocycles. The first-order chi connectivity index (χ1) is 9.75. The summed E-state index contributed by atoms with van der Waals surface area (Å²) in [5, 5.41) is 1.60. The molecule has 0 bridgehead atoms. The van der Waals surface area contributed by atoms with Crippen LogP contribution in [-0.4, -0.2) is 17.3 Å². The fourth-order valence-electron chi connectivity index (χ4n) is 2.91. The van der Waals surface area contributed by atoms with E-state index in [1.807, 2.05) is 30.3 Å². The minimum atomic E-state index is -0.0318. The Morgan fingerprint density at radius 1 is 1.25 bits per heavy atom. The van der Waals surface area contributed by atoms with E-state index >= 15 is 0 Å². The Bertz CT molecular complexity index is 657. The van der Waals surface area contributed by atoms with Crippen LogP contribution < -0.4 is 11.3 Å². The van der Waals surface area contributed by atoms with Gasteiger partial charge in [0.05, 0.1) is 19.3 Å². The number of benzene rings is 1. The normalized spacial score (nSPS) is 16.0. The summed E-state index contributed by atoms with van der Waals surface area (Å²) in [6.45, 7) is 1.07. The van der Waals surface area contributed by atoms with Crippen LogP contribution in [-0.2, 0) is 11.3 Å². The first-order valence-corrected chi connectivity index (χ1v) is 7.25. The van der Waals surface area contributed by atoms with Crippen molar-refractivity contribution in [2.24, 2.45) is 0 Å². The molecule has 3 rings (SSSR count). The monoisotopic (exact) mass is 272 g/mol. The second-order valence-electron chi connectivity index (χ2n) is 5.39. The van der Waals surface area contributed by atoms with Crippen LogP contribution in [0.3, 0.4) is 0 Å². The van der Waals surface area contributed by atoms with Crippen LogP contribution in [0.25, 0.3) is 10.8 Å². The number of hydrogen-bond donors (Lipinski definition) is 1. The van der Waals surface area contributed by atoms with Crippen molar-refractivity contribution in [3.63, 3.8) is 0 Å². The molecular weight excluding hydrogens is 252 g/mol. The average Bonchev–Trinajstić information content (AvgIpc) is 2.96. The van der Waals surface area contributed by atoms with Crippen LogP contribution in [0, 0.1) is 0 Å². The number of nitrogens with two attached hydrogens (primary N) is 1. The molecule has 0 unspecified atom stereocenters. The molecule has 2 N–H and O–H groups in total. The van der Waals surface area contributed by atoms with E-state index in [-0.39, 0.29) is 5.56 Å². The number of pyridine rings is 1. The molecule has 4 heteroatoms. The highest BCUT2D eigenvalue weighted by molar-refractivity contribution is 5.83. The van der Waals surface area contributed by atoms with Gasteiger partial charge in [-0.3, -0.25) is 9.36 Å². The molecule has 0 saturated heterocycles. The topological polar surface area (TPSA) is 57.2 Å². The van der Waals surface area contributed by atoms with Crippen LogP contribution in [0.1, 0.15) is 25.7 Å². The molecule has 1 heterocycles. The first-order valence-electron chi connectivity index (χ1n) is 7.25. The van der Waals surface area contributed by atoms with Crippen molar-refractivity contribution < 1.29 is 4.74 Å². The molecule has 1 saturated carbocycles. The molecule has 2 aromatic rings. The van der Waals surface area contributed by atoms with Gasteiger partial charge in [0.25, 0.3) is 5.56 Å². The van der Waals surface area contributed by atoms with E-state index in [1.54, 1.807) is 4.57 Å². The molecule has 1 aromatic heterocycles. The third kappa shape index (κ3) is 2.56. The number of fused-ring (bicyclic) bond motifs is 1. The van der Waals surface area contributed by atoms with Crippen molar-refractivity contribution in [3.05, 3.63) is 40.7 Å². The summed E-state index contributed by atoms with van der Waals surface area (Å²) in [5.74, 6) is 0.503. The molecule has 20 heavy (non-hydrogen) atoms. The molecule has 1 aliphatic carbocycles. The highest BCUT2D eigenvalue weighted by Crippen LogP contribution is 2.21. The minimum absolute atomic E-state index is 0.0318. The molecule has 0 spiro atoms. The van der Waals surface area contributed by atoms with Crippen molar-refractivity contribution in [3.8, 4) is 0 Å². The number of aromatic nitrogens is 1. The molecule has 1 aromatic carbocycles. The summed E-state index contributed by atoms with van der Waals surface area (Å²) in [5.41, 5.74) is 5.96. The highest BCUT2D eigenvalue weighted by Gasteiger charge is 2.15. The summed E-state index contributed by atoms with van der Waals surface area (Å²) in [6.07, 6.45) is 5.16. The van der Waals surface area contributed by atoms with Crippen LogP contribution in [0.5, 0.6) is 0 Å². The summed E-state index contributed by atoms with van der Waals surface area (Å²) in [4.78, 5) is 12.4. The summed E-state index contributed by atoms with van der Waals surface area (Å²) < 4.78 is 7.42. The lowest BCUT2D eigenvalue weighted by atomic mass is 10.1. The van der Waals surface area contributed by atoms with Gasteiger partial charge in [0.1, 0.15) is 5.82 Å². The number of ether oxygens (including phenoxy) is 1. The third-order valence-corrected chi connectivity index (χ3v) is 4.02. The number of hydrogen-bond acceptors (Lipinski definition) is 3. The predicted octanol–water partition coefficient (Wildman–Crippen LogP) is 2.54. The standard InChI is InChI=1S/C16H20N2O2/c17-15-11-12-5-1-4-8-14(12)16(19)18(15)9-10-20-13-6-2-3-7-13/h1,4-5,8,11,13H,2-3,6-7,9-10,17H2. The van der Waals surface area contributed by atoms with Gasteiger partial charge in [-0.15, -0.1) is 0 Å². The Balaban J connectivity index is 1.78. The largest absolute Gasteiger partial charge is 0.385 e.